The van der Waals surface area contributed by atoms with Gasteiger partial charge in [-0.15, -0.1) is 0 Å². The molecule has 0 aliphatic carbocycles. The van der Waals surface area contributed by atoms with E-state index in [0.717, 1.165) is 22.4 Å². The predicted octanol–water partition coefficient (Wildman–Crippen LogP) is 4.92. The van der Waals surface area contributed by atoms with Crippen LogP contribution in [0.5, 0.6) is 0 Å². The van der Waals surface area contributed by atoms with Crippen LogP contribution in [0.25, 0.3) is 10.8 Å². The van der Waals surface area contributed by atoms with Gasteiger partial charge in [-0.05, 0) is 56.9 Å². The van der Waals surface area contributed by atoms with E-state index in [4.69, 9.17) is 0 Å². The Morgan fingerprint density at radius 1 is 1.05 bits per heavy atom. The first-order valence-electron chi connectivity index (χ1n) is 6.56. The molecule has 3 aromatic rings. The molecule has 0 atom stereocenters. The Morgan fingerprint density at radius 2 is 1.85 bits per heavy atom. The third-order valence-electron chi connectivity index (χ3n) is 3.32. The first-order chi connectivity index (χ1) is 9.72. The van der Waals surface area contributed by atoms with Crippen LogP contribution in [0.2, 0.25) is 0 Å². The van der Waals surface area contributed by atoms with Gasteiger partial charge in [0.2, 0.25) is 0 Å². The van der Waals surface area contributed by atoms with Crippen LogP contribution in [0, 0.1) is 6.92 Å². The van der Waals surface area contributed by atoms with Gasteiger partial charge in [0.15, 0.2) is 0 Å². The van der Waals surface area contributed by atoms with E-state index < -0.39 is 0 Å². The predicted molar refractivity (Wildman–Crippen MR) is 87.9 cm³/mol. The fourth-order valence-corrected chi connectivity index (χ4v) is 2.42. The maximum atomic E-state index is 4.30. The van der Waals surface area contributed by atoms with Gasteiger partial charge in [-0.25, -0.2) is 4.98 Å². The van der Waals surface area contributed by atoms with Crippen molar-refractivity contribution in [2.45, 2.75) is 13.5 Å². The molecule has 0 saturated heterocycles. The molecular weight excluding hydrogens is 312 g/mol. The smallest absolute Gasteiger partial charge is 0.109 e. The van der Waals surface area contributed by atoms with Gasteiger partial charge in [0, 0.05) is 6.54 Å². The van der Waals surface area contributed by atoms with Crippen LogP contribution < -0.4 is 5.32 Å². The largest absolute Gasteiger partial charge is 0.380 e. The minimum absolute atomic E-state index is 0.799. The topological polar surface area (TPSA) is 24.9 Å². The van der Waals surface area contributed by atoms with Crippen LogP contribution in [0.3, 0.4) is 0 Å². The molecule has 2 aromatic carbocycles. The lowest BCUT2D eigenvalue weighted by molar-refractivity contribution is 1.12. The van der Waals surface area contributed by atoms with Gasteiger partial charge in [0.05, 0.1) is 11.9 Å². The lowest BCUT2D eigenvalue weighted by Gasteiger charge is -2.08. The Labute approximate surface area is 127 Å². The number of hydrogen-bond acceptors (Lipinski definition) is 2. The molecule has 0 aliphatic heterocycles. The summed E-state index contributed by atoms with van der Waals surface area (Å²) in [4.78, 5) is 4.30. The molecule has 0 radical (unpaired) electrons. The standard InChI is InChI=1S/C17H15BrN2/c1-12-8-16(11-20-17(12)18)19-10-13-6-7-14-4-2-3-5-15(14)9-13/h2-9,11,19H,10H2,1H3. The van der Waals surface area contributed by atoms with Crippen molar-refractivity contribution in [2.24, 2.45) is 0 Å². The number of pyridine rings is 1. The van der Waals surface area contributed by atoms with Crippen LogP contribution in [0.4, 0.5) is 5.69 Å². The number of halogens is 1. The number of fused-ring (bicyclic) bond motifs is 1. The summed E-state index contributed by atoms with van der Waals surface area (Å²) >= 11 is 3.41. The second kappa shape index (κ2) is 5.63. The molecule has 2 nitrogen and oxygen atoms in total. The fourth-order valence-electron chi connectivity index (χ4n) is 2.21. The second-order valence-corrected chi connectivity index (χ2v) is 5.62. The maximum absolute atomic E-state index is 4.30. The summed E-state index contributed by atoms with van der Waals surface area (Å²) in [6, 6.07) is 17.1. The number of benzene rings is 2. The van der Waals surface area contributed by atoms with Crippen molar-refractivity contribution in [1.82, 2.24) is 4.98 Å². The minimum Gasteiger partial charge on any atom is -0.380 e. The molecule has 0 bridgehead atoms. The van der Waals surface area contributed by atoms with Crippen molar-refractivity contribution in [3.63, 3.8) is 0 Å². The molecule has 100 valence electrons. The molecular formula is C17H15BrN2. The van der Waals surface area contributed by atoms with Crippen LogP contribution in [0.1, 0.15) is 11.1 Å². The number of rotatable bonds is 3. The quantitative estimate of drug-likeness (QED) is 0.691. The third-order valence-corrected chi connectivity index (χ3v) is 4.16. The van der Waals surface area contributed by atoms with Crippen LogP contribution in [-0.4, -0.2) is 4.98 Å². The zero-order valence-electron chi connectivity index (χ0n) is 11.2. The highest BCUT2D eigenvalue weighted by atomic mass is 79.9. The highest BCUT2D eigenvalue weighted by Crippen LogP contribution is 2.19. The lowest BCUT2D eigenvalue weighted by atomic mass is 10.1. The van der Waals surface area contributed by atoms with Crippen molar-refractivity contribution in [3.8, 4) is 0 Å². The van der Waals surface area contributed by atoms with E-state index in [9.17, 15) is 0 Å². The number of aryl methyl sites for hydroxylation is 1. The van der Waals surface area contributed by atoms with Gasteiger partial charge in [0.25, 0.3) is 0 Å². The van der Waals surface area contributed by atoms with Crippen LogP contribution >= 0.6 is 15.9 Å². The summed E-state index contributed by atoms with van der Waals surface area (Å²) < 4.78 is 0.897. The molecule has 0 fully saturated rings. The normalized spacial score (nSPS) is 10.7. The minimum atomic E-state index is 0.799. The molecule has 0 unspecified atom stereocenters. The number of nitrogens with one attached hydrogen (secondary N) is 1. The Morgan fingerprint density at radius 3 is 2.65 bits per heavy atom. The molecule has 1 N–H and O–H groups in total. The molecule has 1 aromatic heterocycles. The number of anilines is 1. The molecule has 20 heavy (non-hydrogen) atoms. The molecule has 0 aliphatic rings. The summed E-state index contributed by atoms with van der Waals surface area (Å²) in [5.74, 6) is 0. The molecule has 1 heterocycles. The van der Waals surface area contributed by atoms with E-state index in [2.05, 4.69) is 74.8 Å². The van der Waals surface area contributed by atoms with Gasteiger partial charge < -0.3 is 5.32 Å². The van der Waals surface area contributed by atoms with E-state index in [1.807, 2.05) is 13.1 Å². The Bertz CT molecular complexity index is 753. The zero-order valence-corrected chi connectivity index (χ0v) is 12.8. The Kier molecular flexibility index (Phi) is 3.70. The summed E-state index contributed by atoms with van der Waals surface area (Å²) in [5.41, 5.74) is 3.44. The van der Waals surface area contributed by atoms with Gasteiger partial charge in [-0.2, -0.15) is 0 Å². The van der Waals surface area contributed by atoms with E-state index in [1.165, 1.54) is 16.3 Å². The second-order valence-electron chi connectivity index (χ2n) is 4.87. The SMILES string of the molecule is Cc1cc(NCc2ccc3ccccc3c2)cnc1Br. The molecule has 3 rings (SSSR count). The van der Waals surface area contributed by atoms with Crippen molar-refractivity contribution in [1.29, 1.82) is 0 Å². The average molecular weight is 327 g/mol. The van der Waals surface area contributed by atoms with E-state index >= 15 is 0 Å². The summed E-state index contributed by atoms with van der Waals surface area (Å²) in [6.45, 7) is 2.84. The maximum Gasteiger partial charge on any atom is 0.109 e. The zero-order chi connectivity index (χ0) is 13.9. The molecule has 3 heteroatoms. The third kappa shape index (κ3) is 2.83. The number of aromatic nitrogens is 1. The fraction of sp³-hybridized carbons (Fsp3) is 0.118. The molecule has 0 spiro atoms. The lowest BCUT2D eigenvalue weighted by Crippen LogP contribution is -2.00. The number of hydrogen-bond donors (Lipinski definition) is 1. The van der Waals surface area contributed by atoms with Crippen LogP contribution in [-0.2, 0) is 6.54 Å². The van der Waals surface area contributed by atoms with Gasteiger partial charge in [-0.1, -0.05) is 36.4 Å². The molecule has 0 amide bonds. The van der Waals surface area contributed by atoms with Crippen molar-refractivity contribution < 1.29 is 0 Å². The van der Waals surface area contributed by atoms with Crippen LogP contribution in [0.15, 0.2) is 59.3 Å². The van der Waals surface area contributed by atoms with E-state index in [-0.39, 0.29) is 0 Å². The van der Waals surface area contributed by atoms with Crippen molar-refractivity contribution in [2.75, 3.05) is 5.32 Å². The van der Waals surface area contributed by atoms with Gasteiger partial charge in [-0.3, -0.25) is 0 Å². The van der Waals surface area contributed by atoms with Crippen molar-refractivity contribution >= 4 is 32.4 Å². The highest BCUT2D eigenvalue weighted by Gasteiger charge is 2.00. The van der Waals surface area contributed by atoms with E-state index in [0.29, 0.717) is 0 Å². The molecule has 0 saturated carbocycles. The van der Waals surface area contributed by atoms with E-state index in [1.54, 1.807) is 0 Å². The van der Waals surface area contributed by atoms with Crippen molar-refractivity contribution in [3.05, 3.63) is 70.5 Å². The average Bonchev–Trinajstić information content (AvgIpc) is 2.48. The first kappa shape index (κ1) is 13.1. The first-order valence-corrected chi connectivity index (χ1v) is 7.35. The highest BCUT2D eigenvalue weighted by molar-refractivity contribution is 9.10. The Hall–Kier alpha value is -1.87. The summed E-state index contributed by atoms with van der Waals surface area (Å²) in [6.07, 6.45) is 1.85. The summed E-state index contributed by atoms with van der Waals surface area (Å²) in [7, 11) is 0. The summed E-state index contributed by atoms with van der Waals surface area (Å²) in [5, 5.41) is 5.96. The number of nitrogens with zero attached hydrogens (tertiary/aromatic N) is 1. The monoisotopic (exact) mass is 326 g/mol. The van der Waals surface area contributed by atoms with Gasteiger partial charge in [0.1, 0.15) is 4.60 Å². The Balaban J connectivity index is 1.77. The van der Waals surface area contributed by atoms with Gasteiger partial charge >= 0.3 is 0 Å².